The van der Waals surface area contributed by atoms with Crippen LogP contribution >= 0.6 is 0 Å². The number of amides is 1. The van der Waals surface area contributed by atoms with E-state index >= 15 is 0 Å². The molecule has 2 aromatic heterocycles. The summed E-state index contributed by atoms with van der Waals surface area (Å²) in [7, 11) is 0. The number of anilines is 1. The van der Waals surface area contributed by atoms with Crippen LogP contribution in [0.5, 0.6) is 0 Å². The number of aryl methyl sites for hydroxylation is 2. The Morgan fingerprint density at radius 1 is 1.19 bits per heavy atom. The van der Waals surface area contributed by atoms with Crippen molar-refractivity contribution >= 4 is 28.3 Å². The maximum absolute atomic E-state index is 12.5. The summed E-state index contributed by atoms with van der Waals surface area (Å²) < 4.78 is 4.24. The highest BCUT2D eigenvalue weighted by Crippen LogP contribution is 2.23. The van der Waals surface area contributed by atoms with Crippen LogP contribution in [0, 0.1) is 17.0 Å². The number of non-ortho nitro benzene ring substituents is 1. The normalized spacial score (nSPS) is 11.0. The molecule has 0 saturated carbocycles. The van der Waals surface area contributed by atoms with Gasteiger partial charge in [0.2, 0.25) is 0 Å². The van der Waals surface area contributed by atoms with Crippen molar-refractivity contribution in [1.29, 1.82) is 0 Å². The van der Waals surface area contributed by atoms with Crippen LogP contribution in [0.3, 0.4) is 0 Å². The fourth-order valence-electron chi connectivity index (χ4n) is 3.51. The van der Waals surface area contributed by atoms with Crippen molar-refractivity contribution in [3.05, 3.63) is 82.2 Å². The number of fused-ring (bicyclic) bond motifs is 1. The molecule has 0 aliphatic rings. The number of rotatable bonds is 7. The molecule has 2 heterocycles. The van der Waals surface area contributed by atoms with E-state index in [4.69, 9.17) is 4.98 Å². The van der Waals surface area contributed by atoms with E-state index in [-0.39, 0.29) is 11.6 Å². The third-order valence-electron chi connectivity index (χ3n) is 5.11. The van der Waals surface area contributed by atoms with Gasteiger partial charge in [0, 0.05) is 42.3 Å². The monoisotopic (exact) mass is 418 g/mol. The van der Waals surface area contributed by atoms with Crippen LogP contribution in [0.4, 0.5) is 11.4 Å². The molecule has 0 unspecified atom stereocenters. The topological polar surface area (TPSA) is 108 Å². The van der Waals surface area contributed by atoms with E-state index in [1.54, 1.807) is 6.20 Å². The smallest absolute Gasteiger partial charge is 0.269 e. The molecule has 0 fully saturated rings. The molecule has 9 nitrogen and oxygen atoms in total. The van der Waals surface area contributed by atoms with Gasteiger partial charge in [-0.25, -0.2) is 9.97 Å². The lowest BCUT2D eigenvalue weighted by molar-refractivity contribution is -0.384. The number of nitrogens with zero attached hydrogens (tertiary/aromatic N) is 5. The van der Waals surface area contributed by atoms with Crippen molar-refractivity contribution in [2.24, 2.45) is 0 Å². The molecular formula is C22H22N6O3. The Hall–Kier alpha value is -4.01. The van der Waals surface area contributed by atoms with Gasteiger partial charge in [0.1, 0.15) is 11.6 Å². The molecule has 0 atom stereocenters. The summed E-state index contributed by atoms with van der Waals surface area (Å²) in [4.78, 5) is 31.9. The molecule has 1 N–H and O–H groups in total. The van der Waals surface area contributed by atoms with Gasteiger partial charge in [-0.3, -0.25) is 14.9 Å². The molecule has 158 valence electrons. The Bertz CT molecular complexity index is 1260. The molecular weight excluding hydrogens is 396 g/mol. The number of hydrogen-bond acceptors (Lipinski definition) is 5. The SMILES string of the molecule is CCCn1c(Cn2ccnc2C)nc2cc(NC(=O)c3ccc([N+](=O)[O-])cc3)ccc21. The first-order valence-electron chi connectivity index (χ1n) is 9.99. The van der Waals surface area contributed by atoms with Gasteiger partial charge in [-0.15, -0.1) is 0 Å². The lowest BCUT2D eigenvalue weighted by Gasteiger charge is -2.09. The van der Waals surface area contributed by atoms with Crippen molar-refractivity contribution in [3.8, 4) is 0 Å². The predicted molar refractivity (Wildman–Crippen MR) is 117 cm³/mol. The first kappa shape index (κ1) is 20.3. The number of aromatic nitrogens is 4. The third-order valence-corrected chi connectivity index (χ3v) is 5.11. The summed E-state index contributed by atoms with van der Waals surface area (Å²) >= 11 is 0. The second kappa shape index (κ2) is 8.39. The largest absolute Gasteiger partial charge is 0.328 e. The summed E-state index contributed by atoms with van der Waals surface area (Å²) in [5, 5.41) is 13.6. The van der Waals surface area contributed by atoms with E-state index in [0.717, 1.165) is 35.6 Å². The van der Waals surface area contributed by atoms with E-state index in [2.05, 4.69) is 21.8 Å². The van der Waals surface area contributed by atoms with Crippen LogP contribution in [0.25, 0.3) is 11.0 Å². The van der Waals surface area contributed by atoms with E-state index in [1.807, 2.05) is 35.9 Å². The number of imidazole rings is 2. The quantitative estimate of drug-likeness (QED) is 0.358. The molecule has 1 amide bonds. The second-order valence-corrected chi connectivity index (χ2v) is 7.24. The van der Waals surface area contributed by atoms with Gasteiger partial charge >= 0.3 is 0 Å². The lowest BCUT2D eigenvalue weighted by atomic mass is 10.2. The van der Waals surface area contributed by atoms with Gasteiger partial charge in [0.15, 0.2) is 0 Å². The fourth-order valence-corrected chi connectivity index (χ4v) is 3.51. The van der Waals surface area contributed by atoms with Gasteiger partial charge in [-0.2, -0.15) is 0 Å². The van der Waals surface area contributed by atoms with Crippen molar-refractivity contribution in [2.45, 2.75) is 33.4 Å². The van der Waals surface area contributed by atoms with E-state index in [9.17, 15) is 14.9 Å². The average Bonchev–Trinajstić information content (AvgIpc) is 3.31. The number of nitro benzene ring substituents is 1. The van der Waals surface area contributed by atoms with E-state index < -0.39 is 4.92 Å². The zero-order chi connectivity index (χ0) is 22.0. The maximum Gasteiger partial charge on any atom is 0.269 e. The first-order chi connectivity index (χ1) is 15.0. The molecule has 4 aromatic rings. The predicted octanol–water partition coefficient (Wildman–Crippen LogP) is 4.16. The number of nitro groups is 1. The van der Waals surface area contributed by atoms with Crippen LogP contribution in [0.15, 0.2) is 54.9 Å². The van der Waals surface area contributed by atoms with Gasteiger partial charge in [0.25, 0.3) is 11.6 Å². The lowest BCUT2D eigenvalue weighted by Crippen LogP contribution is -2.11. The summed E-state index contributed by atoms with van der Waals surface area (Å²) in [5.41, 5.74) is 2.70. The minimum atomic E-state index is -0.495. The summed E-state index contributed by atoms with van der Waals surface area (Å²) in [6.45, 7) is 5.54. The van der Waals surface area contributed by atoms with Gasteiger partial charge in [0.05, 0.1) is 22.5 Å². The van der Waals surface area contributed by atoms with Gasteiger partial charge < -0.3 is 14.5 Å². The zero-order valence-corrected chi connectivity index (χ0v) is 17.3. The highest BCUT2D eigenvalue weighted by atomic mass is 16.6. The minimum Gasteiger partial charge on any atom is -0.328 e. The molecule has 31 heavy (non-hydrogen) atoms. The molecule has 0 radical (unpaired) electrons. The molecule has 2 aromatic carbocycles. The second-order valence-electron chi connectivity index (χ2n) is 7.24. The van der Waals surface area contributed by atoms with Crippen molar-refractivity contribution in [2.75, 3.05) is 5.32 Å². The van der Waals surface area contributed by atoms with Crippen LogP contribution in [0.1, 0.15) is 35.4 Å². The van der Waals surface area contributed by atoms with Crippen LogP contribution < -0.4 is 5.32 Å². The fraction of sp³-hybridized carbons (Fsp3) is 0.227. The molecule has 0 saturated heterocycles. The highest BCUT2D eigenvalue weighted by Gasteiger charge is 2.14. The van der Waals surface area contributed by atoms with Gasteiger partial charge in [-0.05, 0) is 43.7 Å². The molecule has 0 bridgehead atoms. The van der Waals surface area contributed by atoms with Crippen molar-refractivity contribution in [1.82, 2.24) is 19.1 Å². The Kier molecular flexibility index (Phi) is 5.48. The highest BCUT2D eigenvalue weighted by molar-refractivity contribution is 6.05. The summed E-state index contributed by atoms with van der Waals surface area (Å²) in [6, 6.07) is 11.1. The number of nitrogens with one attached hydrogen (secondary N) is 1. The van der Waals surface area contributed by atoms with Gasteiger partial charge in [-0.1, -0.05) is 6.92 Å². The minimum absolute atomic E-state index is 0.0555. The number of hydrogen-bond donors (Lipinski definition) is 1. The summed E-state index contributed by atoms with van der Waals surface area (Å²) in [6.07, 6.45) is 4.68. The van der Waals surface area contributed by atoms with Crippen molar-refractivity contribution < 1.29 is 9.72 Å². The third kappa shape index (κ3) is 4.16. The molecule has 9 heteroatoms. The van der Waals surface area contributed by atoms with Crippen LogP contribution in [0.2, 0.25) is 0 Å². The van der Waals surface area contributed by atoms with Crippen LogP contribution in [-0.4, -0.2) is 29.9 Å². The Morgan fingerprint density at radius 3 is 2.61 bits per heavy atom. The van der Waals surface area contributed by atoms with E-state index in [1.165, 1.54) is 24.3 Å². The van der Waals surface area contributed by atoms with Crippen LogP contribution in [-0.2, 0) is 13.1 Å². The maximum atomic E-state index is 12.5. The molecule has 0 aliphatic carbocycles. The number of benzene rings is 2. The van der Waals surface area contributed by atoms with Crippen molar-refractivity contribution in [3.63, 3.8) is 0 Å². The number of carbonyl (C=O) groups excluding carboxylic acids is 1. The molecule has 0 aliphatic heterocycles. The first-order valence-corrected chi connectivity index (χ1v) is 9.99. The zero-order valence-electron chi connectivity index (χ0n) is 17.3. The molecule has 4 rings (SSSR count). The number of carbonyl (C=O) groups is 1. The van der Waals surface area contributed by atoms with E-state index in [0.29, 0.717) is 17.8 Å². The Balaban J connectivity index is 1.60. The Morgan fingerprint density at radius 2 is 1.97 bits per heavy atom. The Labute approximate surface area is 178 Å². The summed E-state index contributed by atoms with van der Waals surface area (Å²) in [5.74, 6) is 1.51. The standard InChI is InChI=1S/C22H22N6O3/c1-3-11-27-20-9-6-17(24-22(29)16-4-7-18(8-5-16)28(30)31)13-19(20)25-21(27)14-26-12-10-23-15(26)2/h4-10,12-13H,3,11,14H2,1-2H3,(H,24,29). The average molecular weight is 418 g/mol. The molecule has 0 spiro atoms.